The highest BCUT2D eigenvalue weighted by atomic mass is 16.5. The number of hydrogen-bond donors (Lipinski definition) is 2. The predicted octanol–water partition coefficient (Wildman–Crippen LogP) is 0.446. The van der Waals surface area contributed by atoms with Gasteiger partial charge in [0.15, 0.2) is 0 Å². The number of aryl methyl sites for hydroxylation is 2. The van der Waals surface area contributed by atoms with Crippen LogP contribution in [0, 0.1) is 13.8 Å². The lowest BCUT2D eigenvalue weighted by Gasteiger charge is -2.28. The molecule has 1 fully saturated rings. The molecule has 8 heteroatoms. The molecule has 30 heavy (non-hydrogen) atoms. The van der Waals surface area contributed by atoms with Crippen LogP contribution >= 0.6 is 0 Å². The van der Waals surface area contributed by atoms with E-state index in [4.69, 9.17) is 4.74 Å². The SMILES string of the molecule is Cc1nc2ncnn2c(C)c1CCC(=O)N[C@H](C[NH+]1CCOCC1)c1ccccc1. The molecule has 3 aromatic rings. The largest absolute Gasteiger partial charge is 0.370 e. The van der Waals surface area contributed by atoms with Gasteiger partial charge in [-0.25, -0.2) is 9.50 Å². The number of rotatable bonds is 7. The lowest BCUT2D eigenvalue weighted by atomic mass is 10.0. The first-order chi connectivity index (χ1) is 14.6. The number of fused-ring (bicyclic) bond motifs is 1. The molecule has 0 saturated carbocycles. The second-order valence-electron chi connectivity index (χ2n) is 7.83. The summed E-state index contributed by atoms with van der Waals surface area (Å²) in [6, 6.07) is 10.2. The molecule has 2 aromatic heterocycles. The molecule has 0 bridgehead atoms. The second-order valence-corrected chi connectivity index (χ2v) is 7.83. The van der Waals surface area contributed by atoms with E-state index in [1.54, 1.807) is 4.52 Å². The predicted molar refractivity (Wildman–Crippen MR) is 112 cm³/mol. The number of hydrogen-bond acceptors (Lipinski definition) is 5. The highest BCUT2D eigenvalue weighted by Gasteiger charge is 2.23. The number of benzene rings is 1. The third-order valence-corrected chi connectivity index (χ3v) is 5.82. The Kier molecular flexibility index (Phi) is 6.35. The summed E-state index contributed by atoms with van der Waals surface area (Å²) in [4.78, 5) is 23.0. The number of nitrogens with zero attached hydrogens (tertiary/aromatic N) is 4. The summed E-state index contributed by atoms with van der Waals surface area (Å²) in [6.45, 7) is 8.33. The first-order valence-electron chi connectivity index (χ1n) is 10.5. The van der Waals surface area contributed by atoms with Gasteiger partial charge in [-0.3, -0.25) is 4.79 Å². The van der Waals surface area contributed by atoms with Gasteiger partial charge in [-0.05, 0) is 31.4 Å². The number of carbonyl (C=O) groups is 1. The zero-order valence-corrected chi connectivity index (χ0v) is 17.6. The van der Waals surface area contributed by atoms with Gasteiger partial charge in [0.05, 0.1) is 13.2 Å². The second kappa shape index (κ2) is 9.32. The minimum absolute atomic E-state index is 0.00934. The molecular formula is C22H29N6O2+. The number of quaternary nitrogens is 1. The maximum absolute atomic E-state index is 12.9. The number of nitrogens with one attached hydrogen (secondary N) is 2. The quantitative estimate of drug-likeness (QED) is 0.592. The van der Waals surface area contributed by atoms with E-state index >= 15 is 0 Å². The van der Waals surface area contributed by atoms with E-state index in [-0.39, 0.29) is 11.9 Å². The summed E-state index contributed by atoms with van der Waals surface area (Å²) in [5, 5.41) is 7.50. The smallest absolute Gasteiger partial charge is 0.252 e. The standard InChI is InChI=1S/C22H28N6O2/c1-16-19(17(2)28-22(25-16)23-15-24-28)8-9-21(29)26-20(18-6-4-3-5-7-18)14-27-10-12-30-13-11-27/h3-7,15,20H,8-14H2,1-2H3,(H,26,29)/p+1/t20-/m1/s1. The Labute approximate surface area is 176 Å². The zero-order chi connectivity index (χ0) is 20.9. The van der Waals surface area contributed by atoms with Crippen LogP contribution in [0.5, 0.6) is 0 Å². The van der Waals surface area contributed by atoms with Crippen molar-refractivity contribution in [2.24, 2.45) is 0 Å². The molecule has 158 valence electrons. The van der Waals surface area contributed by atoms with Crippen molar-refractivity contribution in [1.29, 1.82) is 0 Å². The van der Waals surface area contributed by atoms with Gasteiger partial charge < -0.3 is 15.0 Å². The molecule has 8 nitrogen and oxygen atoms in total. The Morgan fingerprint density at radius 3 is 2.77 bits per heavy atom. The Hall–Kier alpha value is -2.84. The van der Waals surface area contributed by atoms with Crippen LogP contribution in [-0.2, 0) is 16.0 Å². The number of aromatic nitrogens is 4. The number of morpholine rings is 1. The van der Waals surface area contributed by atoms with Gasteiger partial charge in [0.1, 0.15) is 32.0 Å². The van der Waals surface area contributed by atoms with Gasteiger partial charge in [-0.15, -0.1) is 0 Å². The Morgan fingerprint density at radius 2 is 2.00 bits per heavy atom. The molecule has 4 rings (SSSR count). The van der Waals surface area contributed by atoms with Gasteiger partial charge in [0, 0.05) is 17.8 Å². The van der Waals surface area contributed by atoms with Gasteiger partial charge in [0.2, 0.25) is 5.91 Å². The normalized spacial score (nSPS) is 15.9. The molecule has 0 spiro atoms. The van der Waals surface area contributed by atoms with Crippen molar-refractivity contribution in [3.8, 4) is 0 Å². The fourth-order valence-corrected chi connectivity index (χ4v) is 4.11. The highest BCUT2D eigenvalue weighted by molar-refractivity contribution is 5.76. The van der Waals surface area contributed by atoms with Crippen molar-refractivity contribution < 1.29 is 14.4 Å². The molecule has 1 saturated heterocycles. The van der Waals surface area contributed by atoms with Crippen molar-refractivity contribution in [1.82, 2.24) is 24.9 Å². The maximum Gasteiger partial charge on any atom is 0.252 e. The molecule has 1 atom stereocenters. The summed E-state index contributed by atoms with van der Waals surface area (Å²) >= 11 is 0. The lowest BCUT2D eigenvalue weighted by molar-refractivity contribution is -0.909. The molecule has 0 aliphatic carbocycles. The highest BCUT2D eigenvalue weighted by Crippen LogP contribution is 2.16. The molecule has 1 amide bonds. The average molecular weight is 410 g/mol. The van der Waals surface area contributed by atoms with Crippen molar-refractivity contribution in [2.45, 2.75) is 32.7 Å². The van der Waals surface area contributed by atoms with E-state index in [1.807, 2.05) is 32.0 Å². The minimum atomic E-state index is -0.00934. The van der Waals surface area contributed by atoms with Crippen molar-refractivity contribution in [3.05, 3.63) is 59.2 Å². The summed E-state index contributed by atoms with van der Waals surface area (Å²) in [7, 11) is 0. The number of ether oxygens (including phenoxy) is 1. The van der Waals surface area contributed by atoms with E-state index in [0.29, 0.717) is 18.6 Å². The van der Waals surface area contributed by atoms with Crippen LogP contribution in [0.3, 0.4) is 0 Å². The third kappa shape index (κ3) is 4.66. The summed E-state index contributed by atoms with van der Waals surface area (Å²) in [6.07, 6.45) is 2.53. The van der Waals surface area contributed by atoms with Crippen LogP contribution in [0.15, 0.2) is 36.7 Å². The molecule has 1 aromatic carbocycles. The van der Waals surface area contributed by atoms with Gasteiger partial charge in [-0.2, -0.15) is 10.1 Å². The average Bonchev–Trinajstić information content (AvgIpc) is 3.23. The van der Waals surface area contributed by atoms with Crippen LogP contribution in [0.1, 0.15) is 35.0 Å². The van der Waals surface area contributed by atoms with Crippen molar-refractivity contribution >= 4 is 11.7 Å². The summed E-state index contributed by atoms with van der Waals surface area (Å²) in [5.74, 6) is 0.643. The fraction of sp³-hybridized carbons (Fsp3) is 0.455. The Balaban J connectivity index is 1.43. The summed E-state index contributed by atoms with van der Waals surface area (Å²) < 4.78 is 7.21. The molecule has 0 radical (unpaired) electrons. The molecule has 1 aliphatic rings. The molecule has 2 N–H and O–H groups in total. The van der Waals surface area contributed by atoms with Gasteiger partial charge in [0.25, 0.3) is 5.78 Å². The fourth-order valence-electron chi connectivity index (χ4n) is 4.11. The first-order valence-corrected chi connectivity index (χ1v) is 10.5. The van der Waals surface area contributed by atoms with Gasteiger partial charge in [-0.1, -0.05) is 30.3 Å². The van der Waals surface area contributed by atoms with Crippen LogP contribution < -0.4 is 10.2 Å². The third-order valence-electron chi connectivity index (χ3n) is 5.82. The monoisotopic (exact) mass is 409 g/mol. The maximum atomic E-state index is 12.9. The van der Waals surface area contributed by atoms with E-state index in [2.05, 4.69) is 32.5 Å². The van der Waals surface area contributed by atoms with Crippen LogP contribution in [0.4, 0.5) is 0 Å². The van der Waals surface area contributed by atoms with Crippen LogP contribution in [0.25, 0.3) is 5.78 Å². The zero-order valence-electron chi connectivity index (χ0n) is 17.6. The Morgan fingerprint density at radius 1 is 1.23 bits per heavy atom. The number of carbonyl (C=O) groups excluding carboxylic acids is 1. The minimum Gasteiger partial charge on any atom is -0.370 e. The van der Waals surface area contributed by atoms with E-state index < -0.39 is 0 Å². The molecular weight excluding hydrogens is 380 g/mol. The molecule has 0 unspecified atom stereocenters. The number of amides is 1. The van der Waals surface area contributed by atoms with Crippen molar-refractivity contribution in [2.75, 3.05) is 32.8 Å². The topological polar surface area (TPSA) is 85.8 Å². The van der Waals surface area contributed by atoms with Gasteiger partial charge >= 0.3 is 0 Å². The van der Waals surface area contributed by atoms with E-state index in [1.165, 1.54) is 11.2 Å². The van der Waals surface area contributed by atoms with E-state index in [0.717, 1.165) is 55.4 Å². The lowest BCUT2D eigenvalue weighted by Crippen LogP contribution is -3.14. The first kappa shape index (κ1) is 20.4. The molecule has 3 heterocycles. The summed E-state index contributed by atoms with van der Waals surface area (Å²) in [5.41, 5.74) is 4.08. The van der Waals surface area contributed by atoms with Crippen molar-refractivity contribution in [3.63, 3.8) is 0 Å². The van der Waals surface area contributed by atoms with E-state index in [9.17, 15) is 4.79 Å². The van der Waals surface area contributed by atoms with Crippen LogP contribution in [0.2, 0.25) is 0 Å². The van der Waals surface area contributed by atoms with Crippen LogP contribution in [-0.4, -0.2) is 58.3 Å². The Bertz CT molecular complexity index is 998. The molecule has 1 aliphatic heterocycles.